The number of hydrogen-bond donors (Lipinski definition) is 1. The molecular weight excluding hydrogens is 256 g/mol. The maximum Gasteiger partial charge on any atom is 0.185 e. The van der Waals surface area contributed by atoms with Gasteiger partial charge in [-0.25, -0.2) is 4.98 Å². The second kappa shape index (κ2) is 6.68. The fraction of sp³-hybridized carbons (Fsp3) is 0.786. The van der Waals surface area contributed by atoms with E-state index in [-0.39, 0.29) is 0 Å². The molecule has 4 nitrogen and oxygen atoms in total. The zero-order chi connectivity index (χ0) is 13.8. The smallest absolute Gasteiger partial charge is 0.185 e. The van der Waals surface area contributed by atoms with Crippen LogP contribution in [0.4, 0.5) is 5.13 Å². The molecule has 5 heteroatoms. The van der Waals surface area contributed by atoms with Crippen LogP contribution >= 0.6 is 11.3 Å². The number of thiazole rings is 1. The van der Waals surface area contributed by atoms with E-state index in [0.717, 1.165) is 39.1 Å². The number of nitrogens with two attached hydrogens (primary N) is 1. The van der Waals surface area contributed by atoms with Crippen molar-refractivity contribution in [1.82, 2.24) is 9.88 Å². The second-order valence-corrected chi connectivity index (χ2v) is 6.50. The van der Waals surface area contributed by atoms with Crippen molar-refractivity contribution in [2.75, 3.05) is 37.6 Å². The Kier molecular flexibility index (Phi) is 5.19. The molecule has 0 amide bonds. The zero-order valence-electron chi connectivity index (χ0n) is 12.3. The molecule has 1 unspecified atom stereocenters. The number of hydrogen-bond acceptors (Lipinski definition) is 5. The summed E-state index contributed by atoms with van der Waals surface area (Å²) in [6.45, 7) is 11.9. The van der Waals surface area contributed by atoms with Gasteiger partial charge in [-0.3, -0.25) is 4.90 Å². The lowest BCUT2D eigenvalue weighted by atomic mass is 10.2. The van der Waals surface area contributed by atoms with Crippen molar-refractivity contribution in [1.29, 1.82) is 0 Å². The van der Waals surface area contributed by atoms with Crippen molar-refractivity contribution in [3.63, 3.8) is 0 Å². The SMILES string of the molecule is CCC(N)CN1CCN(c2nc(C(C)C)cs2)CC1. The minimum Gasteiger partial charge on any atom is -0.346 e. The van der Waals surface area contributed by atoms with E-state index in [1.54, 1.807) is 11.3 Å². The molecule has 1 aliphatic rings. The number of rotatable bonds is 5. The highest BCUT2D eigenvalue weighted by atomic mass is 32.1. The Morgan fingerprint density at radius 3 is 2.53 bits per heavy atom. The van der Waals surface area contributed by atoms with Gasteiger partial charge in [-0.1, -0.05) is 20.8 Å². The molecule has 0 aromatic carbocycles. The first-order chi connectivity index (χ1) is 9.10. The summed E-state index contributed by atoms with van der Waals surface area (Å²) in [6.07, 6.45) is 1.06. The molecule has 19 heavy (non-hydrogen) atoms. The van der Waals surface area contributed by atoms with Crippen LogP contribution < -0.4 is 10.6 Å². The van der Waals surface area contributed by atoms with Gasteiger partial charge in [0.1, 0.15) is 0 Å². The van der Waals surface area contributed by atoms with E-state index in [2.05, 4.69) is 36.0 Å². The lowest BCUT2D eigenvalue weighted by Gasteiger charge is -2.35. The van der Waals surface area contributed by atoms with E-state index < -0.39 is 0 Å². The molecule has 1 aromatic heterocycles. The maximum atomic E-state index is 6.02. The largest absolute Gasteiger partial charge is 0.346 e. The monoisotopic (exact) mass is 282 g/mol. The van der Waals surface area contributed by atoms with Crippen LogP contribution in [-0.4, -0.2) is 48.6 Å². The molecule has 1 fully saturated rings. The van der Waals surface area contributed by atoms with Crippen LogP contribution in [-0.2, 0) is 0 Å². The number of anilines is 1. The molecule has 1 saturated heterocycles. The van der Waals surface area contributed by atoms with Crippen molar-refractivity contribution in [3.8, 4) is 0 Å². The third-order valence-electron chi connectivity index (χ3n) is 3.76. The van der Waals surface area contributed by atoms with Crippen molar-refractivity contribution in [2.24, 2.45) is 5.73 Å². The molecule has 0 radical (unpaired) electrons. The van der Waals surface area contributed by atoms with Crippen molar-refractivity contribution in [3.05, 3.63) is 11.1 Å². The summed E-state index contributed by atoms with van der Waals surface area (Å²) in [4.78, 5) is 9.62. The molecule has 1 aliphatic heterocycles. The lowest BCUT2D eigenvalue weighted by molar-refractivity contribution is 0.240. The van der Waals surface area contributed by atoms with Gasteiger partial charge in [-0.2, -0.15) is 0 Å². The van der Waals surface area contributed by atoms with Gasteiger partial charge in [0.15, 0.2) is 5.13 Å². The summed E-state index contributed by atoms with van der Waals surface area (Å²) >= 11 is 1.78. The lowest BCUT2D eigenvalue weighted by Crippen LogP contribution is -2.49. The molecule has 2 N–H and O–H groups in total. The fourth-order valence-electron chi connectivity index (χ4n) is 2.27. The topological polar surface area (TPSA) is 45.4 Å². The average Bonchev–Trinajstić information content (AvgIpc) is 2.89. The quantitative estimate of drug-likeness (QED) is 0.898. The Bertz CT molecular complexity index is 383. The van der Waals surface area contributed by atoms with Crippen LogP contribution in [0.3, 0.4) is 0 Å². The van der Waals surface area contributed by atoms with Gasteiger partial charge >= 0.3 is 0 Å². The highest BCUT2D eigenvalue weighted by Gasteiger charge is 2.20. The van der Waals surface area contributed by atoms with Gasteiger partial charge in [0, 0.05) is 44.1 Å². The predicted molar refractivity (Wildman–Crippen MR) is 83.1 cm³/mol. The summed E-state index contributed by atoms with van der Waals surface area (Å²) in [7, 11) is 0. The molecule has 0 spiro atoms. The molecule has 0 aliphatic carbocycles. The average molecular weight is 282 g/mol. The molecule has 1 aromatic rings. The molecule has 1 atom stereocenters. The van der Waals surface area contributed by atoms with Crippen LogP contribution in [0.15, 0.2) is 5.38 Å². The third kappa shape index (κ3) is 3.91. The van der Waals surface area contributed by atoms with Crippen LogP contribution in [0.2, 0.25) is 0 Å². The van der Waals surface area contributed by atoms with E-state index in [4.69, 9.17) is 10.7 Å². The van der Waals surface area contributed by atoms with Gasteiger partial charge in [-0.05, 0) is 12.3 Å². The Morgan fingerprint density at radius 2 is 2.00 bits per heavy atom. The predicted octanol–water partition coefficient (Wildman–Crippen LogP) is 2.13. The zero-order valence-corrected chi connectivity index (χ0v) is 13.1. The van der Waals surface area contributed by atoms with Crippen LogP contribution in [0.5, 0.6) is 0 Å². The van der Waals surface area contributed by atoms with E-state index in [0.29, 0.717) is 12.0 Å². The first kappa shape index (κ1) is 14.8. The summed E-state index contributed by atoms with van der Waals surface area (Å²) in [5.74, 6) is 0.522. The molecule has 0 saturated carbocycles. The first-order valence-corrected chi connectivity index (χ1v) is 8.16. The van der Waals surface area contributed by atoms with E-state index >= 15 is 0 Å². The molecule has 2 rings (SSSR count). The van der Waals surface area contributed by atoms with Gasteiger partial charge in [-0.15, -0.1) is 11.3 Å². The normalized spacial score (nSPS) is 19.1. The van der Waals surface area contributed by atoms with E-state index in [1.807, 2.05) is 0 Å². The van der Waals surface area contributed by atoms with Crippen molar-refractivity contribution in [2.45, 2.75) is 39.2 Å². The molecule has 108 valence electrons. The highest BCUT2D eigenvalue weighted by Crippen LogP contribution is 2.25. The fourth-order valence-corrected chi connectivity index (χ4v) is 3.31. The third-order valence-corrected chi connectivity index (χ3v) is 4.68. The van der Waals surface area contributed by atoms with Crippen LogP contribution in [0, 0.1) is 0 Å². The number of nitrogens with zero attached hydrogens (tertiary/aromatic N) is 3. The summed E-state index contributed by atoms with van der Waals surface area (Å²) in [5, 5.41) is 3.38. The van der Waals surface area contributed by atoms with E-state index in [9.17, 15) is 0 Å². The number of aromatic nitrogens is 1. The highest BCUT2D eigenvalue weighted by molar-refractivity contribution is 7.13. The second-order valence-electron chi connectivity index (χ2n) is 5.67. The first-order valence-electron chi connectivity index (χ1n) is 7.28. The summed E-state index contributed by atoms with van der Waals surface area (Å²) in [6, 6.07) is 0.318. The Hall–Kier alpha value is -0.650. The minimum atomic E-state index is 0.318. The Balaban J connectivity index is 1.85. The Labute approximate surface area is 120 Å². The summed E-state index contributed by atoms with van der Waals surface area (Å²) in [5.41, 5.74) is 7.24. The van der Waals surface area contributed by atoms with Crippen LogP contribution in [0.1, 0.15) is 38.8 Å². The molecule has 0 bridgehead atoms. The molecular formula is C14H26N4S. The molecule has 2 heterocycles. The van der Waals surface area contributed by atoms with Gasteiger partial charge in [0.2, 0.25) is 0 Å². The van der Waals surface area contributed by atoms with Gasteiger partial charge < -0.3 is 10.6 Å². The van der Waals surface area contributed by atoms with E-state index in [1.165, 1.54) is 10.8 Å². The maximum absolute atomic E-state index is 6.02. The van der Waals surface area contributed by atoms with Crippen LogP contribution in [0.25, 0.3) is 0 Å². The Morgan fingerprint density at radius 1 is 1.32 bits per heavy atom. The minimum absolute atomic E-state index is 0.318. The standard InChI is InChI=1S/C14H26N4S/c1-4-12(15)9-17-5-7-18(8-6-17)14-16-13(10-19-14)11(2)3/h10-12H,4-9,15H2,1-3H3. The van der Waals surface area contributed by atoms with Crippen molar-refractivity contribution < 1.29 is 0 Å². The van der Waals surface area contributed by atoms with Crippen molar-refractivity contribution >= 4 is 16.5 Å². The summed E-state index contributed by atoms with van der Waals surface area (Å²) < 4.78 is 0. The van der Waals surface area contributed by atoms with Gasteiger partial charge in [0.05, 0.1) is 5.69 Å². The number of piperazine rings is 1. The van der Waals surface area contributed by atoms with Gasteiger partial charge in [0.25, 0.3) is 0 Å².